The van der Waals surface area contributed by atoms with Crippen LogP contribution in [0.2, 0.25) is 0 Å². The van der Waals surface area contributed by atoms with Gasteiger partial charge in [0.25, 0.3) is 0 Å². The average Bonchev–Trinajstić information content (AvgIpc) is 2.85. The van der Waals surface area contributed by atoms with Gasteiger partial charge in [-0.05, 0) is 28.9 Å². The Hall–Kier alpha value is -0.990. The van der Waals surface area contributed by atoms with Crippen LogP contribution in [-0.4, -0.2) is 16.2 Å². The summed E-state index contributed by atoms with van der Waals surface area (Å²) in [6.07, 6.45) is 0. The van der Waals surface area contributed by atoms with E-state index in [1.807, 2.05) is 18.4 Å². The molecule has 0 saturated heterocycles. The van der Waals surface area contributed by atoms with E-state index in [1.54, 1.807) is 11.3 Å². The molecule has 5 nitrogen and oxygen atoms in total. The van der Waals surface area contributed by atoms with Gasteiger partial charge in [-0.3, -0.25) is 5.32 Å². The smallest absolute Gasteiger partial charge is 0.321 e. The third kappa shape index (κ3) is 3.76. The molecule has 2 amide bonds. The van der Waals surface area contributed by atoms with Gasteiger partial charge >= 0.3 is 6.03 Å². The molecule has 90 valence electrons. The first-order chi connectivity index (χ1) is 8.13. The average molecular weight is 333 g/mol. The van der Waals surface area contributed by atoms with E-state index in [0.717, 1.165) is 14.4 Å². The Kier molecular flexibility index (Phi) is 4.08. The molecular formula is C9H9BrN4OS2. The summed E-state index contributed by atoms with van der Waals surface area (Å²) < 4.78 is 1.03. The van der Waals surface area contributed by atoms with Gasteiger partial charge < -0.3 is 5.32 Å². The molecule has 0 aliphatic carbocycles. The van der Waals surface area contributed by atoms with E-state index < -0.39 is 0 Å². The lowest BCUT2D eigenvalue weighted by atomic mass is 10.5. The van der Waals surface area contributed by atoms with Gasteiger partial charge in [-0.2, -0.15) is 0 Å². The number of hydrogen-bond donors (Lipinski definition) is 2. The number of hydrogen-bond acceptors (Lipinski definition) is 5. The Balaban J connectivity index is 1.82. The number of rotatable bonds is 3. The monoisotopic (exact) mass is 332 g/mol. The Bertz CT molecular complexity index is 525. The van der Waals surface area contributed by atoms with Crippen molar-refractivity contribution >= 4 is 49.8 Å². The molecule has 8 heteroatoms. The van der Waals surface area contributed by atoms with Crippen LogP contribution < -0.4 is 10.6 Å². The molecule has 0 fully saturated rings. The zero-order chi connectivity index (χ0) is 12.3. The third-order valence-electron chi connectivity index (χ3n) is 1.79. The first-order valence-electron chi connectivity index (χ1n) is 4.71. The summed E-state index contributed by atoms with van der Waals surface area (Å²) in [5.41, 5.74) is 0. The maximum absolute atomic E-state index is 11.5. The molecule has 2 aromatic heterocycles. The lowest BCUT2D eigenvalue weighted by Crippen LogP contribution is -2.27. The summed E-state index contributed by atoms with van der Waals surface area (Å²) in [5, 5.41) is 16.3. The van der Waals surface area contributed by atoms with Gasteiger partial charge in [0.05, 0.1) is 6.54 Å². The van der Waals surface area contributed by atoms with Crippen molar-refractivity contribution in [1.29, 1.82) is 0 Å². The molecule has 2 rings (SSSR count). The maximum atomic E-state index is 11.5. The first-order valence-corrected chi connectivity index (χ1v) is 7.20. The number of aromatic nitrogens is 2. The number of urea groups is 1. The number of thiophene rings is 1. The second kappa shape index (κ2) is 5.56. The van der Waals surface area contributed by atoms with Gasteiger partial charge in [0.15, 0.2) is 0 Å². The molecule has 0 radical (unpaired) electrons. The van der Waals surface area contributed by atoms with Gasteiger partial charge in [0.2, 0.25) is 5.13 Å². The summed E-state index contributed by atoms with van der Waals surface area (Å²) in [6.45, 7) is 2.34. The van der Waals surface area contributed by atoms with Crippen LogP contribution in [0.15, 0.2) is 15.9 Å². The minimum absolute atomic E-state index is 0.273. The molecule has 0 spiro atoms. The zero-order valence-corrected chi connectivity index (χ0v) is 12.1. The molecular weight excluding hydrogens is 324 g/mol. The Morgan fingerprint density at radius 2 is 2.35 bits per heavy atom. The summed E-state index contributed by atoms with van der Waals surface area (Å²) in [7, 11) is 0. The summed E-state index contributed by atoms with van der Waals surface area (Å²) in [6, 6.07) is 1.70. The van der Waals surface area contributed by atoms with Crippen molar-refractivity contribution < 1.29 is 4.79 Å². The Morgan fingerprint density at radius 3 is 2.94 bits per heavy atom. The van der Waals surface area contributed by atoms with Crippen LogP contribution in [0, 0.1) is 6.92 Å². The third-order valence-corrected chi connectivity index (χ3v) is 4.24. The van der Waals surface area contributed by atoms with Crippen LogP contribution in [0.1, 0.15) is 9.88 Å². The number of anilines is 1. The quantitative estimate of drug-likeness (QED) is 0.907. The fourth-order valence-electron chi connectivity index (χ4n) is 1.10. The van der Waals surface area contributed by atoms with Crippen molar-refractivity contribution in [2.75, 3.05) is 5.32 Å². The van der Waals surface area contributed by atoms with Crippen molar-refractivity contribution in [2.45, 2.75) is 13.5 Å². The molecule has 2 N–H and O–H groups in total. The molecule has 2 heterocycles. The highest BCUT2D eigenvalue weighted by molar-refractivity contribution is 9.10. The van der Waals surface area contributed by atoms with Crippen LogP contribution in [0.4, 0.5) is 9.93 Å². The van der Waals surface area contributed by atoms with E-state index >= 15 is 0 Å². The summed E-state index contributed by atoms with van der Waals surface area (Å²) >= 11 is 6.29. The summed E-state index contributed by atoms with van der Waals surface area (Å²) in [5.74, 6) is 0. The van der Waals surface area contributed by atoms with E-state index in [0.29, 0.717) is 11.7 Å². The van der Waals surface area contributed by atoms with Crippen LogP contribution in [0.25, 0.3) is 0 Å². The number of nitrogens with zero attached hydrogens (tertiary/aromatic N) is 2. The first kappa shape index (κ1) is 12.5. The molecule has 0 aromatic carbocycles. The predicted octanol–water partition coefficient (Wildman–Crippen LogP) is 2.99. The molecule has 17 heavy (non-hydrogen) atoms. The van der Waals surface area contributed by atoms with E-state index in [-0.39, 0.29) is 6.03 Å². The molecule has 0 aliphatic rings. The van der Waals surface area contributed by atoms with Crippen molar-refractivity contribution in [1.82, 2.24) is 15.5 Å². The van der Waals surface area contributed by atoms with Gasteiger partial charge in [-0.15, -0.1) is 21.5 Å². The van der Waals surface area contributed by atoms with E-state index in [2.05, 4.69) is 36.8 Å². The number of carbonyl (C=O) groups excluding carboxylic acids is 1. The van der Waals surface area contributed by atoms with E-state index in [4.69, 9.17) is 0 Å². The van der Waals surface area contributed by atoms with Crippen LogP contribution in [0.5, 0.6) is 0 Å². The second-order valence-corrected chi connectivity index (χ2v) is 6.26. The van der Waals surface area contributed by atoms with Crippen molar-refractivity contribution in [2.24, 2.45) is 0 Å². The second-order valence-electron chi connectivity index (χ2n) is 3.17. The largest absolute Gasteiger partial charge is 0.333 e. The number of nitrogens with one attached hydrogen (secondary N) is 2. The molecule has 0 atom stereocenters. The normalized spacial score (nSPS) is 10.2. The lowest BCUT2D eigenvalue weighted by Gasteiger charge is -2.02. The fourth-order valence-corrected chi connectivity index (χ4v) is 3.08. The minimum Gasteiger partial charge on any atom is -0.333 e. The minimum atomic E-state index is -0.273. The summed E-state index contributed by atoms with van der Waals surface area (Å²) in [4.78, 5) is 12.6. The predicted molar refractivity (Wildman–Crippen MR) is 72.5 cm³/mol. The Morgan fingerprint density at radius 1 is 1.53 bits per heavy atom. The number of carbonyl (C=O) groups is 1. The molecule has 0 bridgehead atoms. The van der Waals surface area contributed by atoms with Crippen molar-refractivity contribution in [3.63, 3.8) is 0 Å². The van der Waals surface area contributed by atoms with E-state index in [9.17, 15) is 4.79 Å². The molecule has 2 aromatic rings. The number of amides is 2. The van der Waals surface area contributed by atoms with Gasteiger partial charge in [0, 0.05) is 14.7 Å². The highest BCUT2D eigenvalue weighted by atomic mass is 79.9. The highest BCUT2D eigenvalue weighted by Crippen LogP contribution is 2.19. The fraction of sp³-hybridized carbons (Fsp3) is 0.222. The SMILES string of the molecule is Cc1nnc(NC(=O)NCc2cc(Br)cs2)s1. The van der Waals surface area contributed by atoms with Gasteiger partial charge in [0.1, 0.15) is 5.01 Å². The van der Waals surface area contributed by atoms with E-state index in [1.165, 1.54) is 11.3 Å². The molecule has 0 unspecified atom stereocenters. The molecule has 0 aliphatic heterocycles. The van der Waals surface area contributed by atoms with Crippen LogP contribution in [-0.2, 0) is 6.54 Å². The number of halogens is 1. The maximum Gasteiger partial charge on any atom is 0.321 e. The number of aryl methyl sites for hydroxylation is 1. The van der Waals surface area contributed by atoms with Gasteiger partial charge in [-0.25, -0.2) is 4.79 Å². The zero-order valence-electron chi connectivity index (χ0n) is 8.86. The highest BCUT2D eigenvalue weighted by Gasteiger charge is 2.06. The molecule has 0 saturated carbocycles. The standard InChI is InChI=1S/C9H9BrN4OS2/c1-5-13-14-9(17-5)12-8(15)11-3-7-2-6(10)4-16-7/h2,4H,3H2,1H3,(H2,11,12,14,15). The Labute approximate surface area is 114 Å². The lowest BCUT2D eigenvalue weighted by molar-refractivity contribution is 0.252. The van der Waals surface area contributed by atoms with Crippen molar-refractivity contribution in [3.05, 3.63) is 25.8 Å². The topological polar surface area (TPSA) is 66.9 Å². The van der Waals surface area contributed by atoms with Gasteiger partial charge in [-0.1, -0.05) is 11.3 Å². The van der Waals surface area contributed by atoms with Crippen LogP contribution >= 0.6 is 38.6 Å². The van der Waals surface area contributed by atoms with Crippen molar-refractivity contribution in [3.8, 4) is 0 Å². The van der Waals surface area contributed by atoms with Crippen LogP contribution in [0.3, 0.4) is 0 Å².